The Morgan fingerprint density at radius 2 is 1.43 bits per heavy atom. The van der Waals surface area contributed by atoms with Crippen molar-refractivity contribution in [3.05, 3.63) is 78.4 Å². The van der Waals surface area contributed by atoms with Crippen LogP contribution in [-0.4, -0.2) is 44.6 Å². The van der Waals surface area contributed by atoms with Crippen molar-refractivity contribution in [1.29, 1.82) is 0 Å². The number of hydrogen-bond acceptors (Lipinski definition) is 8. The van der Waals surface area contributed by atoms with Crippen LogP contribution in [0.15, 0.2) is 77.8 Å². The van der Waals surface area contributed by atoms with E-state index < -0.39 is 11.9 Å². The van der Waals surface area contributed by atoms with Gasteiger partial charge in [-0.1, -0.05) is 18.2 Å². The number of rotatable bonds is 12. The molecule has 3 rings (SSSR count). The summed E-state index contributed by atoms with van der Waals surface area (Å²) < 4.78 is 20.9. The van der Waals surface area contributed by atoms with Crippen molar-refractivity contribution >= 4 is 35.2 Å². The highest BCUT2D eigenvalue weighted by Gasteiger charge is 2.10. The van der Waals surface area contributed by atoms with E-state index in [4.69, 9.17) is 18.9 Å². The van der Waals surface area contributed by atoms with E-state index in [0.29, 0.717) is 17.1 Å². The fourth-order valence-corrected chi connectivity index (χ4v) is 2.98. The molecule has 0 aromatic heterocycles. The molecule has 0 saturated heterocycles. The highest BCUT2D eigenvalue weighted by Crippen LogP contribution is 2.26. The molecule has 35 heavy (non-hydrogen) atoms. The molecule has 0 radical (unpaired) electrons. The van der Waals surface area contributed by atoms with E-state index in [0.717, 1.165) is 17.1 Å². The first kappa shape index (κ1) is 25.3. The minimum absolute atomic E-state index is 0.234. The van der Waals surface area contributed by atoms with Crippen molar-refractivity contribution in [1.82, 2.24) is 0 Å². The number of hydrogen-bond donors (Lipinski definition) is 1. The third-order valence-electron chi connectivity index (χ3n) is 4.58. The van der Waals surface area contributed by atoms with Gasteiger partial charge in [-0.15, -0.1) is 0 Å². The summed E-state index contributed by atoms with van der Waals surface area (Å²) in [7, 11) is 0. The lowest BCUT2D eigenvalue weighted by Gasteiger charge is -2.12. The number of carbonyl (C=O) groups excluding carboxylic acids is 2. The van der Waals surface area contributed by atoms with Crippen LogP contribution in [0.4, 0.5) is 17.1 Å². The number of aliphatic imine (C=N–C) groups is 1. The van der Waals surface area contributed by atoms with Crippen molar-refractivity contribution < 1.29 is 28.5 Å². The van der Waals surface area contributed by atoms with Gasteiger partial charge in [0.15, 0.2) is 13.2 Å². The fourth-order valence-electron chi connectivity index (χ4n) is 2.98. The van der Waals surface area contributed by atoms with Gasteiger partial charge in [-0.05, 0) is 62.4 Å². The maximum atomic E-state index is 11.8. The van der Waals surface area contributed by atoms with Crippen LogP contribution in [0.1, 0.15) is 19.4 Å². The van der Waals surface area contributed by atoms with Gasteiger partial charge in [-0.2, -0.15) is 0 Å². The molecule has 182 valence electrons. The number of benzene rings is 3. The van der Waals surface area contributed by atoms with Crippen LogP contribution in [0.3, 0.4) is 0 Å². The van der Waals surface area contributed by atoms with Gasteiger partial charge < -0.3 is 24.3 Å². The van der Waals surface area contributed by atoms with E-state index in [1.54, 1.807) is 38.3 Å². The zero-order valence-corrected chi connectivity index (χ0v) is 19.7. The first-order valence-electron chi connectivity index (χ1n) is 11.2. The molecule has 0 fully saturated rings. The van der Waals surface area contributed by atoms with Gasteiger partial charge in [-0.3, -0.25) is 4.99 Å². The zero-order chi connectivity index (χ0) is 24.9. The number of carbonyl (C=O) groups is 2. The van der Waals surface area contributed by atoms with Gasteiger partial charge in [0.25, 0.3) is 0 Å². The molecule has 0 heterocycles. The normalized spacial score (nSPS) is 10.6. The van der Waals surface area contributed by atoms with Crippen molar-refractivity contribution in [2.75, 3.05) is 31.7 Å². The number of nitrogens with zero attached hydrogens (tertiary/aromatic N) is 1. The van der Waals surface area contributed by atoms with E-state index in [9.17, 15) is 9.59 Å². The second kappa shape index (κ2) is 13.4. The predicted molar refractivity (Wildman–Crippen MR) is 134 cm³/mol. The van der Waals surface area contributed by atoms with Crippen LogP contribution >= 0.6 is 0 Å². The summed E-state index contributed by atoms with van der Waals surface area (Å²) in [6, 6.07) is 22.5. The lowest BCUT2D eigenvalue weighted by Crippen LogP contribution is -2.16. The molecule has 0 aliphatic carbocycles. The van der Waals surface area contributed by atoms with E-state index >= 15 is 0 Å². The lowest BCUT2D eigenvalue weighted by atomic mass is 10.2. The maximum Gasteiger partial charge on any atom is 0.344 e. The lowest BCUT2D eigenvalue weighted by molar-refractivity contribution is -0.146. The van der Waals surface area contributed by atoms with Gasteiger partial charge in [0.2, 0.25) is 0 Å². The Kier molecular flexibility index (Phi) is 9.68. The van der Waals surface area contributed by atoms with Crippen LogP contribution in [0.5, 0.6) is 11.5 Å². The Morgan fingerprint density at radius 3 is 2.09 bits per heavy atom. The smallest absolute Gasteiger partial charge is 0.344 e. The van der Waals surface area contributed by atoms with Crippen LogP contribution in [0.2, 0.25) is 0 Å². The molecule has 0 atom stereocenters. The summed E-state index contributed by atoms with van der Waals surface area (Å²) >= 11 is 0. The van der Waals surface area contributed by atoms with Crippen molar-refractivity contribution in [3.63, 3.8) is 0 Å². The van der Waals surface area contributed by atoms with E-state index in [2.05, 4.69) is 10.3 Å². The van der Waals surface area contributed by atoms with Crippen molar-refractivity contribution in [2.45, 2.75) is 13.8 Å². The number of esters is 2. The Bertz CT molecular complexity index is 1130. The average Bonchev–Trinajstić information content (AvgIpc) is 2.87. The van der Waals surface area contributed by atoms with Crippen LogP contribution in [-0.2, 0) is 19.1 Å². The van der Waals surface area contributed by atoms with Gasteiger partial charge in [0.05, 0.1) is 18.9 Å². The minimum Gasteiger partial charge on any atom is -0.482 e. The second-order valence-electron chi connectivity index (χ2n) is 7.18. The van der Waals surface area contributed by atoms with Gasteiger partial charge in [0, 0.05) is 29.2 Å². The highest BCUT2D eigenvalue weighted by atomic mass is 16.6. The number of nitrogens with one attached hydrogen (secondary N) is 1. The summed E-state index contributed by atoms with van der Waals surface area (Å²) in [5, 5.41) is 3.32. The standard InChI is InChI=1S/C27H28N2O6/c1-3-32-26(30)18-34-24-15-10-20(25(16-24)35-19-27(31)33-4-2)17-28-21-11-13-23(14-12-21)29-22-8-6-5-7-9-22/h5-17,29H,3-4,18-19H2,1-2H3. The van der Waals surface area contributed by atoms with E-state index in [1.165, 1.54) is 0 Å². The largest absolute Gasteiger partial charge is 0.482 e. The second-order valence-corrected chi connectivity index (χ2v) is 7.18. The van der Waals surface area contributed by atoms with Crippen LogP contribution < -0.4 is 14.8 Å². The van der Waals surface area contributed by atoms with E-state index in [1.807, 2.05) is 54.6 Å². The topological polar surface area (TPSA) is 95.5 Å². The highest BCUT2D eigenvalue weighted by molar-refractivity contribution is 5.86. The quantitative estimate of drug-likeness (QED) is 0.288. The number of anilines is 2. The monoisotopic (exact) mass is 476 g/mol. The SMILES string of the molecule is CCOC(=O)COc1ccc(C=Nc2ccc(Nc3ccccc3)cc2)c(OCC(=O)OCC)c1. The van der Waals surface area contributed by atoms with Crippen LogP contribution in [0.25, 0.3) is 0 Å². The predicted octanol–water partition coefficient (Wildman–Crippen LogP) is 5.06. The van der Waals surface area contributed by atoms with Crippen molar-refractivity contribution in [3.8, 4) is 11.5 Å². The van der Waals surface area contributed by atoms with Gasteiger partial charge in [0.1, 0.15) is 11.5 Å². The minimum atomic E-state index is -0.491. The fraction of sp³-hybridized carbons (Fsp3) is 0.222. The third kappa shape index (κ3) is 8.51. The Balaban J connectivity index is 1.71. The third-order valence-corrected chi connectivity index (χ3v) is 4.58. The first-order valence-corrected chi connectivity index (χ1v) is 11.2. The summed E-state index contributed by atoms with van der Waals surface area (Å²) in [5.74, 6) is -0.206. The Labute approximate surface area is 204 Å². The Morgan fingerprint density at radius 1 is 0.800 bits per heavy atom. The zero-order valence-electron chi connectivity index (χ0n) is 19.7. The molecule has 3 aromatic carbocycles. The summed E-state index contributed by atoms with van der Waals surface area (Å²) in [4.78, 5) is 27.9. The Hall–Kier alpha value is -4.33. The summed E-state index contributed by atoms with van der Waals surface area (Å²) in [6.45, 7) is 3.47. The number of ether oxygens (including phenoxy) is 4. The molecule has 0 bridgehead atoms. The summed E-state index contributed by atoms with van der Waals surface area (Å²) in [5.41, 5.74) is 3.31. The molecule has 0 aliphatic rings. The van der Waals surface area contributed by atoms with Gasteiger partial charge in [-0.25, -0.2) is 9.59 Å². The molecule has 1 N–H and O–H groups in total. The molecule has 8 nitrogen and oxygen atoms in total. The molecule has 0 unspecified atom stereocenters. The molecule has 0 spiro atoms. The van der Waals surface area contributed by atoms with Crippen molar-refractivity contribution in [2.24, 2.45) is 4.99 Å². The molecular weight excluding hydrogens is 448 g/mol. The maximum absolute atomic E-state index is 11.8. The molecule has 0 aliphatic heterocycles. The number of para-hydroxylation sites is 1. The van der Waals surface area contributed by atoms with E-state index in [-0.39, 0.29) is 26.4 Å². The molecule has 0 amide bonds. The van der Waals surface area contributed by atoms with Gasteiger partial charge >= 0.3 is 11.9 Å². The average molecular weight is 477 g/mol. The first-order chi connectivity index (χ1) is 17.1. The molecule has 0 saturated carbocycles. The summed E-state index contributed by atoms with van der Waals surface area (Å²) in [6.07, 6.45) is 1.63. The van der Waals surface area contributed by atoms with Crippen LogP contribution in [0, 0.1) is 0 Å². The molecular formula is C27H28N2O6. The molecule has 8 heteroatoms. The molecule has 3 aromatic rings.